The molecule has 2 fully saturated rings. The smallest absolute Gasteiger partial charge is 0.326 e. The summed E-state index contributed by atoms with van der Waals surface area (Å²) in [6.07, 6.45) is 0.704. The molecule has 2 aliphatic heterocycles. The van der Waals surface area contributed by atoms with E-state index in [1.807, 2.05) is 20.8 Å². The fraction of sp³-hybridized carbons (Fsp3) is 0.778. The lowest BCUT2D eigenvalue weighted by atomic mass is 9.97. The van der Waals surface area contributed by atoms with Crippen LogP contribution in [0.15, 0.2) is 0 Å². The van der Waals surface area contributed by atoms with Crippen molar-refractivity contribution in [3.05, 3.63) is 0 Å². The lowest BCUT2D eigenvalue weighted by Gasteiger charge is -2.30. The second kappa shape index (κ2) is 9.16. The lowest BCUT2D eigenvalue weighted by Crippen LogP contribution is -2.55. The fourth-order valence-electron chi connectivity index (χ4n) is 3.24. The Morgan fingerprint density at radius 3 is 2.44 bits per heavy atom. The van der Waals surface area contributed by atoms with Crippen LogP contribution in [0.25, 0.3) is 0 Å². The van der Waals surface area contributed by atoms with Gasteiger partial charge in [0.25, 0.3) is 11.8 Å². The first-order valence-corrected chi connectivity index (χ1v) is 9.58. The molecular formula is C18H29N3O6. The first-order valence-electron chi connectivity index (χ1n) is 9.58. The second-order valence-electron chi connectivity index (χ2n) is 7.17. The molecule has 0 saturated carbocycles. The number of hydrogen-bond acceptors (Lipinski definition) is 5. The molecule has 9 heteroatoms. The molecule has 4 unspecified atom stereocenters. The molecule has 0 radical (unpaired) electrons. The number of likely N-dealkylation sites (tertiary alicyclic amines) is 1. The minimum atomic E-state index is -1.03. The van der Waals surface area contributed by atoms with E-state index in [-0.39, 0.29) is 11.8 Å². The standard InChI is InChI=1S/C18H29N3O6/c1-4-8-19-15(22)13-14(27-13)16(23)20-12(10(3)5-2)17(24)21-9-6-7-11(21)18(25)26/h10-14H,4-9H2,1-3H3,(H,19,22)(H,20,23)(H,25,26)/t10?,11-,12?,13?,14?/m0/s1. The van der Waals surface area contributed by atoms with Crippen LogP contribution in [0.3, 0.4) is 0 Å². The Hall–Kier alpha value is -2.16. The van der Waals surface area contributed by atoms with Crippen LogP contribution in [0.4, 0.5) is 0 Å². The molecule has 3 N–H and O–H groups in total. The molecule has 27 heavy (non-hydrogen) atoms. The third-order valence-electron chi connectivity index (χ3n) is 5.16. The molecule has 2 saturated heterocycles. The van der Waals surface area contributed by atoms with Crippen molar-refractivity contribution in [2.24, 2.45) is 5.92 Å². The van der Waals surface area contributed by atoms with Gasteiger partial charge < -0.3 is 25.4 Å². The van der Waals surface area contributed by atoms with Crippen LogP contribution in [-0.4, -0.2) is 71.1 Å². The van der Waals surface area contributed by atoms with Crippen molar-refractivity contribution in [1.29, 1.82) is 0 Å². The summed E-state index contributed by atoms with van der Waals surface area (Å²) in [6, 6.07) is -1.70. The highest BCUT2D eigenvalue weighted by Crippen LogP contribution is 2.25. The topological polar surface area (TPSA) is 128 Å². The Kier molecular flexibility index (Phi) is 7.18. The summed E-state index contributed by atoms with van der Waals surface area (Å²) in [5, 5.41) is 14.7. The van der Waals surface area contributed by atoms with Gasteiger partial charge in [0.15, 0.2) is 12.2 Å². The van der Waals surface area contributed by atoms with Crippen molar-refractivity contribution in [3.8, 4) is 0 Å². The number of ether oxygens (including phenoxy) is 1. The van der Waals surface area contributed by atoms with E-state index in [0.717, 1.165) is 6.42 Å². The summed E-state index contributed by atoms with van der Waals surface area (Å²) in [7, 11) is 0. The first kappa shape index (κ1) is 21.1. The monoisotopic (exact) mass is 383 g/mol. The number of amides is 3. The normalized spacial score (nSPS) is 26.2. The summed E-state index contributed by atoms with van der Waals surface area (Å²) in [5.74, 6) is -2.46. The second-order valence-corrected chi connectivity index (χ2v) is 7.17. The van der Waals surface area contributed by atoms with Gasteiger partial charge in [-0.15, -0.1) is 0 Å². The first-order chi connectivity index (χ1) is 12.8. The molecule has 0 aromatic carbocycles. The van der Waals surface area contributed by atoms with Gasteiger partial charge in [-0.3, -0.25) is 14.4 Å². The number of hydrogen-bond donors (Lipinski definition) is 3. The van der Waals surface area contributed by atoms with Crippen molar-refractivity contribution in [3.63, 3.8) is 0 Å². The van der Waals surface area contributed by atoms with Gasteiger partial charge in [-0.2, -0.15) is 0 Å². The Bertz CT molecular complexity index is 596. The quantitative estimate of drug-likeness (QED) is 0.477. The highest BCUT2D eigenvalue weighted by molar-refractivity contribution is 5.97. The van der Waals surface area contributed by atoms with Gasteiger partial charge in [-0.25, -0.2) is 4.79 Å². The largest absolute Gasteiger partial charge is 0.480 e. The van der Waals surface area contributed by atoms with Gasteiger partial charge in [0.1, 0.15) is 12.1 Å². The van der Waals surface area contributed by atoms with Crippen molar-refractivity contribution >= 4 is 23.7 Å². The number of epoxide rings is 1. The van der Waals surface area contributed by atoms with Crippen molar-refractivity contribution in [1.82, 2.24) is 15.5 Å². The minimum absolute atomic E-state index is 0.178. The molecule has 0 bridgehead atoms. The molecule has 9 nitrogen and oxygen atoms in total. The predicted octanol–water partition coefficient (Wildman–Crippen LogP) is -0.113. The molecule has 5 atom stereocenters. The van der Waals surface area contributed by atoms with Crippen LogP contribution in [0, 0.1) is 5.92 Å². The number of carboxylic acids is 1. The van der Waals surface area contributed by atoms with E-state index in [1.165, 1.54) is 4.90 Å². The van der Waals surface area contributed by atoms with Crippen molar-refractivity contribution in [2.45, 2.75) is 70.7 Å². The summed E-state index contributed by atoms with van der Waals surface area (Å²) < 4.78 is 5.17. The predicted molar refractivity (Wildman–Crippen MR) is 95.7 cm³/mol. The minimum Gasteiger partial charge on any atom is -0.480 e. The van der Waals surface area contributed by atoms with Crippen LogP contribution < -0.4 is 10.6 Å². The molecule has 3 amide bonds. The Morgan fingerprint density at radius 1 is 1.19 bits per heavy atom. The van der Waals surface area contributed by atoms with E-state index in [2.05, 4.69) is 10.6 Å². The summed E-state index contributed by atoms with van der Waals surface area (Å²) in [4.78, 5) is 49.9. The number of rotatable bonds is 9. The number of nitrogens with one attached hydrogen (secondary N) is 2. The van der Waals surface area contributed by atoms with Crippen LogP contribution >= 0.6 is 0 Å². The number of carboxylic acid groups (broad SMARTS) is 1. The van der Waals surface area contributed by atoms with E-state index in [4.69, 9.17) is 4.74 Å². The van der Waals surface area contributed by atoms with E-state index in [0.29, 0.717) is 32.4 Å². The van der Waals surface area contributed by atoms with E-state index in [9.17, 15) is 24.3 Å². The average molecular weight is 383 g/mol. The molecule has 0 aromatic heterocycles. The van der Waals surface area contributed by atoms with Crippen LogP contribution in [0.2, 0.25) is 0 Å². The molecule has 152 valence electrons. The maximum atomic E-state index is 12.9. The molecule has 0 aromatic rings. The zero-order chi connectivity index (χ0) is 20.1. The number of carbonyl (C=O) groups is 4. The van der Waals surface area contributed by atoms with E-state index in [1.54, 1.807) is 0 Å². The zero-order valence-electron chi connectivity index (χ0n) is 16.1. The van der Waals surface area contributed by atoms with Gasteiger partial charge >= 0.3 is 5.97 Å². The highest BCUT2D eigenvalue weighted by atomic mass is 16.6. The van der Waals surface area contributed by atoms with Crippen molar-refractivity contribution in [2.75, 3.05) is 13.1 Å². The van der Waals surface area contributed by atoms with Gasteiger partial charge in [0.2, 0.25) is 5.91 Å². The average Bonchev–Trinajstić information content (AvgIpc) is 3.30. The van der Waals surface area contributed by atoms with Crippen LogP contribution in [0.1, 0.15) is 46.5 Å². The highest BCUT2D eigenvalue weighted by Gasteiger charge is 2.51. The Balaban J connectivity index is 2.01. The molecule has 0 spiro atoms. The third-order valence-corrected chi connectivity index (χ3v) is 5.16. The Morgan fingerprint density at radius 2 is 1.85 bits per heavy atom. The molecule has 2 heterocycles. The fourth-order valence-corrected chi connectivity index (χ4v) is 3.24. The van der Waals surface area contributed by atoms with Gasteiger partial charge in [-0.05, 0) is 25.2 Å². The molecular weight excluding hydrogens is 354 g/mol. The van der Waals surface area contributed by atoms with E-state index < -0.39 is 42.1 Å². The number of aliphatic carboxylic acids is 1. The lowest BCUT2D eigenvalue weighted by molar-refractivity contribution is -0.150. The van der Waals surface area contributed by atoms with Gasteiger partial charge in [0.05, 0.1) is 0 Å². The molecule has 0 aliphatic carbocycles. The van der Waals surface area contributed by atoms with E-state index >= 15 is 0 Å². The van der Waals surface area contributed by atoms with Crippen LogP contribution in [-0.2, 0) is 23.9 Å². The maximum absolute atomic E-state index is 12.9. The third kappa shape index (κ3) is 4.97. The Labute approximate surface area is 158 Å². The zero-order valence-corrected chi connectivity index (χ0v) is 16.1. The van der Waals surface area contributed by atoms with Gasteiger partial charge in [-0.1, -0.05) is 27.2 Å². The number of nitrogens with zero attached hydrogens (tertiary/aromatic N) is 1. The summed E-state index contributed by atoms with van der Waals surface area (Å²) in [5.41, 5.74) is 0. The number of carbonyl (C=O) groups excluding carboxylic acids is 3. The summed E-state index contributed by atoms with van der Waals surface area (Å²) in [6.45, 7) is 6.51. The summed E-state index contributed by atoms with van der Waals surface area (Å²) >= 11 is 0. The SMILES string of the molecule is CCCNC(=O)C1OC1C(=O)NC(C(=O)N1CCC[C@H]1C(=O)O)C(C)CC. The van der Waals surface area contributed by atoms with Crippen molar-refractivity contribution < 1.29 is 29.0 Å². The van der Waals surface area contributed by atoms with Crippen LogP contribution in [0.5, 0.6) is 0 Å². The van der Waals surface area contributed by atoms with Gasteiger partial charge in [0, 0.05) is 13.1 Å². The molecule has 2 aliphatic rings. The maximum Gasteiger partial charge on any atom is 0.326 e. The molecule has 2 rings (SSSR count).